The number of nitrogens with zero attached hydrogens (tertiary/aromatic N) is 2. The van der Waals surface area contributed by atoms with E-state index in [1.807, 2.05) is 0 Å². The number of benzene rings is 2. The molecule has 0 fully saturated rings. The minimum absolute atomic E-state index is 0.187. The third-order valence-corrected chi connectivity index (χ3v) is 4.38. The van der Waals surface area contributed by atoms with Gasteiger partial charge >= 0.3 is 0 Å². The number of nitrogens with one attached hydrogen (secondary N) is 1. The number of imide groups is 1. The highest BCUT2D eigenvalue weighted by Crippen LogP contribution is 2.24. The zero-order valence-corrected chi connectivity index (χ0v) is 15.4. The molecule has 0 aliphatic carbocycles. The molecule has 1 heterocycles. The minimum Gasteiger partial charge on any atom is -0.345 e. The van der Waals surface area contributed by atoms with Gasteiger partial charge in [-0.05, 0) is 30.3 Å². The molecule has 2 aromatic rings. The molecule has 0 saturated heterocycles. The number of anilines is 1. The summed E-state index contributed by atoms with van der Waals surface area (Å²) in [6, 6.07) is 10.9. The number of hydrogen-bond donors (Lipinski definition) is 1. The Labute approximate surface area is 160 Å². The van der Waals surface area contributed by atoms with Crippen LogP contribution in [0.15, 0.2) is 42.5 Å². The predicted octanol–water partition coefficient (Wildman–Crippen LogP) is 2.28. The van der Waals surface area contributed by atoms with Gasteiger partial charge in [-0.25, -0.2) is 0 Å². The number of halogens is 1. The molecule has 0 radical (unpaired) electrons. The number of carbonyl (C=O) groups excluding carboxylic acids is 4. The fourth-order valence-corrected chi connectivity index (χ4v) is 3.00. The Morgan fingerprint density at radius 1 is 1.04 bits per heavy atom. The summed E-state index contributed by atoms with van der Waals surface area (Å²) in [5.74, 6) is -1.82. The first-order valence-electron chi connectivity index (χ1n) is 8.06. The van der Waals surface area contributed by atoms with Crippen molar-refractivity contribution in [3.63, 3.8) is 0 Å². The van der Waals surface area contributed by atoms with Gasteiger partial charge in [0.1, 0.15) is 6.54 Å². The lowest BCUT2D eigenvalue weighted by atomic mass is 10.1. The standard InChI is InChI=1S/C19H16ClN3O4/c1-22(2)17(25)14-8-7-11(9-15(14)20)21-16(24)10-23-18(26)12-5-3-4-6-13(12)19(23)27/h3-9H,10H2,1-2H3,(H,21,24). The van der Waals surface area contributed by atoms with Gasteiger partial charge < -0.3 is 10.2 Å². The van der Waals surface area contributed by atoms with E-state index in [9.17, 15) is 19.2 Å². The van der Waals surface area contributed by atoms with Crippen molar-refractivity contribution >= 4 is 40.9 Å². The average Bonchev–Trinajstić information content (AvgIpc) is 2.86. The predicted molar refractivity (Wildman–Crippen MR) is 99.9 cm³/mol. The van der Waals surface area contributed by atoms with E-state index in [1.165, 1.54) is 23.1 Å². The first-order valence-corrected chi connectivity index (χ1v) is 8.43. The monoisotopic (exact) mass is 385 g/mol. The lowest BCUT2D eigenvalue weighted by molar-refractivity contribution is -0.116. The lowest BCUT2D eigenvalue weighted by Gasteiger charge is -2.15. The summed E-state index contributed by atoms with van der Waals surface area (Å²) in [6.07, 6.45) is 0. The fraction of sp³-hybridized carbons (Fsp3) is 0.158. The van der Waals surface area contributed by atoms with Crippen LogP contribution >= 0.6 is 11.6 Å². The fourth-order valence-electron chi connectivity index (χ4n) is 2.73. The first kappa shape index (κ1) is 18.6. The van der Waals surface area contributed by atoms with Crippen LogP contribution in [-0.2, 0) is 4.79 Å². The number of carbonyl (C=O) groups is 4. The third kappa shape index (κ3) is 3.54. The molecule has 3 rings (SSSR count). The van der Waals surface area contributed by atoms with Crippen molar-refractivity contribution in [2.24, 2.45) is 0 Å². The maximum absolute atomic E-state index is 12.3. The summed E-state index contributed by atoms with van der Waals surface area (Å²) in [4.78, 5) is 51.1. The Morgan fingerprint density at radius 2 is 1.63 bits per heavy atom. The molecule has 27 heavy (non-hydrogen) atoms. The molecule has 0 aromatic heterocycles. The van der Waals surface area contributed by atoms with E-state index >= 15 is 0 Å². The van der Waals surface area contributed by atoms with Gasteiger partial charge in [0, 0.05) is 19.8 Å². The van der Waals surface area contributed by atoms with Crippen LogP contribution in [0, 0.1) is 0 Å². The van der Waals surface area contributed by atoms with E-state index in [2.05, 4.69) is 5.32 Å². The maximum Gasteiger partial charge on any atom is 0.262 e. The normalized spacial score (nSPS) is 12.8. The van der Waals surface area contributed by atoms with Crippen LogP contribution in [0.5, 0.6) is 0 Å². The number of hydrogen-bond acceptors (Lipinski definition) is 4. The van der Waals surface area contributed by atoms with Crippen LogP contribution in [-0.4, -0.2) is 54.1 Å². The Hall–Kier alpha value is -3.19. The van der Waals surface area contributed by atoms with Crippen LogP contribution in [0.1, 0.15) is 31.1 Å². The van der Waals surface area contributed by atoms with E-state index in [1.54, 1.807) is 38.4 Å². The minimum atomic E-state index is -0.549. The van der Waals surface area contributed by atoms with E-state index in [0.717, 1.165) is 4.90 Å². The zero-order valence-electron chi connectivity index (χ0n) is 14.7. The Bertz CT molecular complexity index is 936. The Kier molecular flexibility index (Phi) is 4.96. The third-order valence-electron chi connectivity index (χ3n) is 4.07. The molecule has 0 spiro atoms. The number of rotatable bonds is 4. The second-order valence-electron chi connectivity index (χ2n) is 6.18. The second-order valence-corrected chi connectivity index (χ2v) is 6.59. The number of fused-ring (bicyclic) bond motifs is 1. The average molecular weight is 386 g/mol. The lowest BCUT2D eigenvalue weighted by Crippen LogP contribution is -2.37. The van der Waals surface area contributed by atoms with Crippen LogP contribution < -0.4 is 5.32 Å². The highest BCUT2D eigenvalue weighted by Gasteiger charge is 2.36. The summed E-state index contributed by atoms with van der Waals surface area (Å²) in [7, 11) is 3.22. The van der Waals surface area contributed by atoms with Gasteiger partial charge in [0.25, 0.3) is 17.7 Å². The molecule has 8 heteroatoms. The number of amides is 4. The zero-order chi connectivity index (χ0) is 19.7. The molecule has 0 unspecified atom stereocenters. The molecule has 1 N–H and O–H groups in total. The molecule has 138 valence electrons. The van der Waals surface area contributed by atoms with Crippen molar-refractivity contribution in [2.45, 2.75) is 0 Å². The van der Waals surface area contributed by atoms with Crippen molar-refractivity contribution in [1.29, 1.82) is 0 Å². The van der Waals surface area contributed by atoms with Gasteiger partial charge in [0.2, 0.25) is 5.91 Å². The quantitative estimate of drug-likeness (QED) is 0.818. The van der Waals surface area contributed by atoms with Gasteiger partial charge in [-0.2, -0.15) is 0 Å². The summed E-state index contributed by atoms with van der Waals surface area (Å²) in [5, 5.41) is 2.77. The molecule has 0 atom stereocenters. The smallest absolute Gasteiger partial charge is 0.262 e. The van der Waals surface area contributed by atoms with Crippen molar-refractivity contribution in [3.8, 4) is 0 Å². The highest BCUT2D eigenvalue weighted by atomic mass is 35.5. The van der Waals surface area contributed by atoms with Crippen molar-refractivity contribution in [1.82, 2.24) is 9.80 Å². The summed E-state index contributed by atoms with van der Waals surface area (Å²) in [6.45, 7) is -0.414. The topological polar surface area (TPSA) is 86.8 Å². The van der Waals surface area contributed by atoms with Gasteiger partial charge in [-0.15, -0.1) is 0 Å². The maximum atomic E-state index is 12.3. The van der Waals surface area contributed by atoms with Gasteiger partial charge in [-0.1, -0.05) is 23.7 Å². The van der Waals surface area contributed by atoms with E-state index in [-0.39, 0.29) is 22.1 Å². The molecule has 0 bridgehead atoms. The first-order chi connectivity index (χ1) is 12.8. The van der Waals surface area contributed by atoms with Crippen molar-refractivity contribution < 1.29 is 19.2 Å². The molecule has 4 amide bonds. The summed E-state index contributed by atoms with van der Waals surface area (Å²) >= 11 is 6.11. The van der Waals surface area contributed by atoms with Crippen LogP contribution in [0.2, 0.25) is 5.02 Å². The molecule has 2 aromatic carbocycles. The van der Waals surface area contributed by atoms with Crippen LogP contribution in [0.3, 0.4) is 0 Å². The van der Waals surface area contributed by atoms with E-state index in [4.69, 9.17) is 11.6 Å². The summed E-state index contributed by atoms with van der Waals surface area (Å²) in [5.41, 5.74) is 1.23. The molecule has 1 aliphatic heterocycles. The van der Waals surface area contributed by atoms with Gasteiger partial charge in [0.05, 0.1) is 21.7 Å². The highest BCUT2D eigenvalue weighted by molar-refractivity contribution is 6.34. The molecular weight excluding hydrogens is 370 g/mol. The van der Waals surface area contributed by atoms with Gasteiger partial charge in [0.15, 0.2) is 0 Å². The van der Waals surface area contributed by atoms with Crippen molar-refractivity contribution in [2.75, 3.05) is 26.0 Å². The van der Waals surface area contributed by atoms with Gasteiger partial charge in [-0.3, -0.25) is 24.1 Å². The van der Waals surface area contributed by atoms with Crippen LogP contribution in [0.4, 0.5) is 5.69 Å². The Balaban J connectivity index is 1.70. The Morgan fingerprint density at radius 3 is 2.15 bits per heavy atom. The molecule has 0 saturated carbocycles. The largest absolute Gasteiger partial charge is 0.345 e. The molecular formula is C19H16ClN3O4. The second kappa shape index (κ2) is 7.20. The van der Waals surface area contributed by atoms with E-state index < -0.39 is 24.3 Å². The van der Waals surface area contributed by atoms with Crippen molar-refractivity contribution in [3.05, 3.63) is 64.2 Å². The summed E-state index contributed by atoms with van der Waals surface area (Å²) < 4.78 is 0. The van der Waals surface area contributed by atoms with Crippen LogP contribution in [0.25, 0.3) is 0 Å². The molecule has 7 nitrogen and oxygen atoms in total. The molecule has 1 aliphatic rings. The SMILES string of the molecule is CN(C)C(=O)c1ccc(NC(=O)CN2C(=O)c3ccccc3C2=O)cc1Cl. The van der Waals surface area contributed by atoms with E-state index in [0.29, 0.717) is 11.3 Å².